The molecule has 0 spiro atoms. The molecule has 0 atom stereocenters. The van der Waals surface area contributed by atoms with E-state index in [2.05, 4.69) is 38.3 Å². The molecule has 3 nitrogen and oxygen atoms in total. The standard InChI is InChI=1S/C15H24N2OS/c1-10-6-7-12(19-10)13(18)16-11-8-14(2,3)17-15(4,5)9-11/h6-7,11,17H,8-9H2,1-5H3,(H,16,18). The molecule has 0 unspecified atom stereocenters. The fourth-order valence-corrected chi connectivity index (χ4v) is 4.01. The van der Waals surface area contributed by atoms with Crippen LogP contribution >= 0.6 is 11.3 Å². The van der Waals surface area contributed by atoms with Crippen molar-refractivity contribution >= 4 is 17.2 Å². The predicted molar refractivity (Wildman–Crippen MR) is 80.8 cm³/mol. The van der Waals surface area contributed by atoms with E-state index in [9.17, 15) is 4.79 Å². The Morgan fingerprint density at radius 1 is 1.26 bits per heavy atom. The number of piperidine rings is 1. The first-order chi connectivity index (χ1) is 8.67. The summed E-state index contributed by atoms with van der Waals surface area (Å²) >= 11 is 1.56. The van der Waals surface area contributed by atoms with Crippen LogP contribution in [0.5, 0.6) is 0 Å². The lowest BCUT2D eigenvalue weighted by molar-refractivity contribution is 0.0877. The van der Waals surface area contributed by atoms with Gasteiger partial charge in [-0.05, 0) is 59.6 Å². The van der Waals surface area contributed by atoms with E-state index in [-0.39, 0.29) is 23.0 Å². The van der Waals surface area contributed by atoms with Gasteiger partial charge in [-0.1, -0.05) is 0 Å². The molecule has 1 aromatic heterocycles. The number of amides is 1. The second-order valence-corrected chi connectivity index (χ2v) is 8.17. The summed E-state index contributed by atoms with van der Waals surface area (Å²) in [6, 6.07) is 4.14. The van der Waals surface area contributed by atoms with Gasteiger partial charge < -0.3 is 10.6 Å². The van der Waals surface area contributed by atoms with Gasteiger partial charge in [-0.15, -0.1) is 11.3 Å². The van der Waals surface area contributed by atoms with E-state index in [0.29, 0.717) is 0 Å². The van der Waals surface area contributed by atoms with Crippen molar-refractivity contribution in [3.05, 3.63) is 21.9 Å². The molecule has 2 rings (SSSR count). The maximum atomic E-state index is 12.2. The molecule has 0 bridgehead atoms. The van der Waals surface area contributed by atoms with Gasteiger partial charge in [-0.3, -0.25) is 4.79 Å². The highest BCUT2D eigenvalue weighted by Crippen LogP contribution is 2.28. The van der Waals surface area contributed by atoms with Crippen molar-refractivity contribution in [1.82, 2.24) is 10.6 Å². The van der Waals surface area contributed by atoms with Crippen LogP contribution in [0.3, 0.4) is 0 Å². The zero-order chi connectivity index (χ0) is 14.3. The Morgan fingerprint density at radius 3 is 2.32 bits per heavy atom. The molecular formula is C15H24N2OS. The largest absolute Gasteiger partial charge is 0.348 e. The minimum Gasteiger partial charge on any atom is -0.348 e. The van der Waals surface area contributed by atoms with Crippen LogP contribution in [-0.2, 0) is 0 Å². The van der Waals surface area contributed by atoms with Gasteiger partial charge in [0.1, 0.15) is 0 Å². The van der Waals surface area contributed by atoms with Gasteiger partial charge in [0.25, 0.3) is 5.91 Å². The number of hydrogen-bond acceptors (Lipinski definition) is 3. The SMILES string of the molecule is Cc1ccc(C(=O)NC2CC(C)(C)NC(C)(C)C2)s1. The van der Waals surface area contributed by atoms with Crippen LogP contribution < -0.4 is 10.6 Å². The third-order valence-corrected chi connectivity index (χ3v) is 4.49. The number of hydrogen-bond donors (Lipinski definition) is 2. The molecule has 0 saturated carbocycles. The third-order valence-electron chi connectivity index (χ3n) is 3.49. The Hall–Kier alpha value is -0.870. The Labute approximate surface area is 119 Å². The van der Waals surface area contributed by atoms with Crippen molar-refractivity contribution in [3.63, 3.8) is 0 Å². The Kier molecular flexibility index (Phi) is 3.76. The highest BCUT2D eigenvalue weighted by atomic mass is 32.1. The zero-order valence-electron chi connectivity index (χ0n) is 12.5. The second-order valence-electron chi connectivity index (χ2n) is 6.88. The van der Waals surface area contributed by atoms with E-state index >= 15 is 0 Å². The van der Waals surface area contributed by atoms with Crippen molar-refractivity contribution < 1.29 is 4.79 Å². The monoisotopic (exact) mass is 280 g/mol. The lowest BCUT2D eigenvalue weighted by Crippen LogP contribution is -2.62. The third kappa shape index (κ3) is 3.80. The maximum Gasteiger partial charge on any atom is 0.261 e. The van der Waals surface area contributed by atoms with Crippen LogP contribution in [0.2, 0.25) is 0 Å². The summed E-state index contributed by atoms with van der Waals surface area (Å²) in [5.41, 5.74) is 0.121. The van der Waals surface area contributed by atoms with Gasteiger partial charge >= 0.3 is 0 Å². The second kappa shape index (κ2) is 4.91. The molecule has 19 heavy (non-hydrogen) atoms. The Morgan fingerprint density at radius 2 is 1.84 bits per heavy atom. The molecule has 2 N–H and O–H groups in total. The highest BCUT2D eigenvalue weighted by molar-refractivity contribution is 7.13. The Bertz CT molecular complexity index is 460. The molecule has 1 aliphatic heterocycles. The highest BCUT2D eigenvalue weighted by Gasteiger charge is 2.38. The number of nitrogens with one attached hydrogen (secondary N) is 2. The molecule has 106 valence electrons. The van der Waals surface area contributed by atoms with E-state index in [0.717, 1.165) is 17.7 Å². The molecule has 0 aromatic carbocycles. The average Bonchev–Trinajstić information content (AvgIpc) is 2.59. The number of carbonyl (C=O) groups is 1. The summed E-state index contributed by atoms with van der Waals surface area (Å²) in [4.78, 5) is 14.2. The molecular weight excluding hydrogens is 256 g/mol. The summed E-state index contributed by atoms with van der Waals surface area (Å²) in [6.07, 6.45) is 1.93. The van der Waals surface area contributed by atoms with Crippen molar-refractivity contribution in [2.45, 2.75) is 64.6 Å². The smallest absolute Gasteiger partial charge is 0.261 e. The molecule has 1 amide bonds. The summed E-state index contributed by atoms with van der Waals surface area (Å²) in [7, 11) is 0. The van der Waals surface area contributed by atoms with E-state index in [1.165, 1.54) is 4.88 Å². The number of rotatable bonds is 2. The molecule has 0 aliphatic carbocycles. The topological polar surface area (TPSA) is 41.1 Å². The van der Waals surface area contributed by atoms with Gasteiger partial charge in [0.15, 0.2) is 0 Å². The number of thiophene rings is 1. The van der Waals surface area contributed by atoms with E-state index in [1.807, 2.05) is 19.1 Å². The zero-order valence-corrected chi connectivity index (χ0v) is 13.3. The van der Waals surface area contributed by atoms with E-state index < -0.39 is 0 Å². The normalized spacial score (nSPS) is 22.2. The van der Waals surface area contributed by atoms with Gasteiger partial charge in [0.2, 0.25) is 0 Å². The molecule has 4 heteroatoms. The quantitative estimate of drug-likeness (QED) is 0.874. The first-order valence-electron chi connectivity index (χ1n) is 6.84. The molecule has 0 radical (unpaired) electrons. The van der Waals surface area contributed by atoms with Crippen LogP contribution in [0.4, 0.5) is 0 Å². The van der Waals surface area contributed by atoms with E-state index in [1.54, 1.807) is 11.3 Å². The first-order valence-corrected chi connectivity index (χ1v) is 7.65. The fourth-order valence-electron chi connectivity index (χ4n) is 3.24. The van der Waals surface area contributed by atoms with Crippen LogP contribution in [0, 0.1) is 6.92 Å². The van der Waals surface area contributed by atoms with Crippen molar-refractivity contribution in [3.8, 4) is 0 Å². The lowest BCUT2D eigenvalue weighted by atomic mass is 9.79. The summed E-state index contributed by atoms with van der Waals surface area (Å²) < 4.78 is 0. The molecule has 1 fully saturated rings. The first kappa shape index (κ1) is 14.5. The van der Waals surface area contributed by atoms with Crippen LogP contribution in [-0.4, -0.2) is 23.0 Å². The van der Waals surface area contributed by atoms with Crippen LogP contribution in [0.15, 0.2) is 12.1 Å². The fraction of sp³-hybridized carbons (Fsp3) is 0.667. The lowest BCUT2D eigenvalue weighted by Gasteiger charge is -2.46. The van der Waals surface area contributed by atoms with Crippen LogP contribution in [0.25, 0.3) is 0 Å². The Balaban J connectivity index is 2.04. The maximum absolute atomic E-state index is 12.2. The number of aryl methyl sites for hydroxylation is 1. The summed E-state index contributed by atoms with van der Waals surface area (Å²) in [5, 5.41) is 6.82. The van der Waals surface area contributed by atoms with Gasteiger partial charge in [-0.25, -0.2) is 0 Å². The van der Waals surface area contributed by atoms with Crippen molar-refractivity contribution in [2.75, 3.05) is 0 Å². The van der Waals surface area contributed by atoms with Gasteiger partial charge in [0, 0.05) is 22.0 Å². The molecule has 1 aliphatic rings. The van der Waals surface area contributed by atoms with Crippen LogP contribution in [0.1, 0.15) is 55.1 Å². The summed E-state index contributed by atoms with van der Waals surface area (Å²) in [5.74, 6) is 0.0663. The molecule has 1 aromatic rings. The van der Waals surface area contributed by atoms with Gasteiger partial charge in [0.05, 0.1) is 4.88 Å². The van der Waals surface area contributed by atoms with Crippen molar-refractivity contribution in [2.24, 2.45) is 0 Å². The molecule has 1 saturated heterocycles. The van der Waals surface area contributed by atoms with Gasteiger partial charge in [-0.2, -0.15) is 0 Å². The minimum absolute atomic E-state index is 0.0606. The minimum atomic E-state index is 0.0606. The van der Waals surface area contributed by atoms with E-state index in [4.69, 9.17) is 0 Å². The number of carbonyl (C=O) groups excluding carboxylic acids is 1. The predicted octanol–water partition coefficient (Wildman–Crippen LogP) is 3.10. The molecule has 2 heterocycles. The summed E-state index contributed by atoms with van der Waals surface area (Å²) in [6.45, 7) is 10.8. The average molecular weight is 280 g/mol. The van der Waals surface area contributed by atoms with Crippen molar-refractivity contribution in [1.29, 1.82) is 0 Å².